The van der Waals surface area contributed by atoms with Crippen molar-refractivity contribution < 1.29 is 9.84 Å². The van der Waals surface area contributed by atoms with E-state index in [0.717, 1.165) is 30.9 Å². The summed E-state index contributed by atoms with van der Waals surface area (Å²) in [5.74, 6) is 0.873. The molecule has 4 heteroatoms. The fourth-order valence-electron chi connectivity index (χ4n) is 3.70. The molecule has 2 aliphatic rings. The van der Waals surface area contributed by atoms with E-state index in [1.54, 1.807) is 0 Å². The molecule has 0 spiro atoms. The zero-order valence-corrected chi connectivity index (χ0v) is 13.0. The first-order chi connectivity index (χ1) is 10.1. The third-order valence-electron chi connectivity index (χ3n) is 4.76. The fourth-order valence-corrected chi connectivity index (χ4v) is 3.70. The van der Waals surface area contributed by atoms with Crippen LogP contribution in [0, 0.1) is 6.92 Å². The molecule has 1 aromatic rings. The number of aliphatic hydroxyl groups excluding tert-OH is 1. The van der Waals surface area contributed by atoms with Crippen molar-refractivity contribution in [1.29, 1.82) is 0 Å². The molecule has 0 aromatic heterocycles. The topological polar surface area (TPSA) is 35.9 Å². The molecule has 3 unspecified atom stereocenters. The summed E-state index contributed by atoms with van der Waals surface area (Å²) in [5.41, 5.74) is 1.12. The summed E-state index contributed by atoms with van der Waals surface area (Å²) < 4.78 is 5.77. The fraction of sp³-hybridized carbons (Fsp3) is 0.647. The Morgan fingerprint density at radius 1 is 1.24 bits per heavy atom. The number of likely N-dealkylation sites (tertiary alicyclic amines) is 1. The Morgan fingerprint density at radius 2 is 1.90 bits per heavy atom. The van der Waals surface area contributed by atoms with Crippen LogP contribution in [0.25, 0.3) is 0 Å². The van der Waals surface area contributed by atoms with Crippen LogP contribution in [-0.4, -0.2) is 66.4 Å². The molecule has 3 atom stereocenters. The summed E-state index contributed by atoms with van der Waals surface area (Å²) in [6.45, 7) is 5.39. The third-order valence-corrected chi connectivity index (χ3v) is 4.76. The molecule has 21 heavy (non-hydrogen) atoms. The monoisotopic (exact) mass is 290 g/mol. The maximum Gasteiger partial charge on any atom is 0.122 e. The SMILES string of the molecule is Cc1ccccc1OCC(O)CN1C2CCC1CN(C)C2. The number of aryl methyl sites for hydroxylation is 1. The van der Waals surface area contributed by atoms with Crippen molar-refractivity contribution in [1.82, 2.24) is 9.80 Å². The number of likely N-dealkylation sites (N-methyl/N-ethyl adjacent to an activating group) is 1. The van der Waals surface area contributed by atoms with E-state index in [9.17, 15) is 5.11 Å². The van der Waals surface area contributed by atoms with E-state index in [0.29, 0.717) is 18.7 Å². The minimum absolute atomic E-state index is 0.372. The first-order valence-corrected chi connectivity index (χ1v) is 7.94. The van der Waals surface area contributed by atoms with Crippen molar-refractivity contribution in [2.45, 2.75) is 38.0 Å². The van der Waals surface area contributed by atoms with E-state index in [1.807, 2.05) is 31.2 Å². The van der Waals surface area contributed by atoms with Gasteiger partial charge in [0.1, 0.15) is 18.5 Å². The maximum absolute atomic E-state index is 10.3. The molecule has 1 N–H and O–H groups in total. The number of fused-ring (bicyclic) bond motifs is 2. The number of aliphatic hydroxyl groups is 1. The lowest BCUT2D eigenvalue weighted by Crippen LogP contribution is -2.54. The third kappa shape index (κ3) is 3.39. The number of para-hydroxylation sites is 1. The van der Waals surface area contributed by atoms with Gasteiger partial charge < -0.3 is 14.7 Å². The van der Waals surface area contributed by atoms with Crippen LogP contribution in [0.4, 0.5) is 0 Å². The second kappa shape index (κ2) is 6.34. The van der Waals surface area contributed by atoms with Crippen molar-refractivity contribution in [3.8, 4) is 5.75 Å². The van der Waals surface area contributed by atoms with Crippen LogP contribution < -0.4 is 4.74 Å². The average Bonchev–Trinajstić information content (AvgIpc) is 2.70. The Kier molecular flexibility index (Phi) is 4.48. The largest absolute Gasteiger partial charge is 0.491 e. The smallest absolute Gasteiger partial charge is 0.122 e. The highest BCUT2D eigenvalue weighted by Crippen LogP contribution is 2.29. The lowest BCUT2D eigenvalue weighted by molar-refractivity contribution is 0.0173. The van der Waals surface area contributed by atoms with Crippen molar-refractivity contribution in [2.24, 2.45) is 0 Å². The van der Waals surface area contributed by atoms with Gasteiger partial charge in [-0.1, -0.05) is 18.2 Å². The summed E-state index contributed by atoms with van der Waals surface area (Å²) in [5, 5.41) is 10.3. The summed E-state index contributed by atoms with van der Waals surface area (Å²) in [4.78, 5) is 4.90. The van der Waals surface area contributed by atoms with Gasteiger partial charge in [0.25, 0.3) is 0 Å². The number of piperazine rings is 1. The van der Waals surface area contributed by atoms with E-state index < -0.39 is 6.10 Å². The van der Waals surface area contributed by atoms with Crippen LogP contribution in [0.5, 0.6) is 5.75 Å². The normalized spacial score (nSPS) is 27.8. The molecule has 0 aliphatic carbocycles. The highest BCUT2D eigenvalue weighted by Gasteiger charge is 2.39. The first-order valence-electron chi connectivity index (χ1n) is 7.94. The Labute approximate surface area is 127 Å². The van der Waals surface area contributed by atoms with Gasteiger partial charge in [-0.25, -0.2) is 0 Å². The second-order valence-electron chi connectivity index (χ2n) is 6.53. The highest BCUT2D eigenvalue weighted by atomic mass is 16.5. The molecular formula is C17H26N2O2. The van der Waals surface area contributed by atoms with Crippen LogP contribution in [0.15, 0.2) is 24.3 Å². The summed E-state index contributed by atoms with van der Waals surface area (Å²) in [6.07, 6.45) is 2.11. The molecule has 0 amide bonds. The first kappa shape index (κ1) is 14.8. The van der Waals surface area contributed by atoms with Gasteiger partial charge in [0, 0.05) is 31.7 Å². The van der Waals surface area contributed by atoms with Crippen LogP contribution >= 0.6 is 0 Å². The minimum atomic E-state index is -0.420. The van der Waals surface area contributed by atoms with Crippen LogP contribution in [0.3, 0.4) is 0 Å². The van der Waals surface area contributed by atoms with Crippen molar-refractivity contribution in [2.75, 3.05) is 33.3 Å². The Balaban J connectivity index is 1.51. The molecule has 2 fully saturated rings. The lowest BCUT2D eigenvalue weighted by atomic mass is 10.1. The van der Waals surface area contributed by atoms with Crippen LogP contribution in [0.1, 0.15) is 18.4 Å². The van der Waals surface area contributed by atoms with Gasteiger partial charge in [-0.3, -0.25) is 4.90 Å². The van der Waals surface area contributed by atoms with Gasteiger partial charge in [-0.05, 0) is 38.4 Å². The molecule has 0 radical (unpaired) electrons. The number of benzene rings is 1. The van der Waals surface area contributed by atoms with Crippen molar-refractivity contribution in [3.63, 3.8) is 0 Å². The predicted molar refractivity (Wildman–Crippen MR) is 83.7 cm³/mol. The van der Waals surface area contributed by atoms with Gasteiger partial charge >= 0.3 is 0 Å². The number of rotatable bonds is 5. The molecule has 0 saturated carbocycles. The molecule has 1 aromatic carbocycles. The standard InChI is InChI=1S/C17H26N2O2/c1-13-5-3-4-6-17(13)21-12-16(20)11-19-14-7-8-15(19)10-18(2)9-14/h3-6,14-16,20H,7-12H2,1-2H3. The highest BCUT2D eigenvalue weighted by molar-refractivity contribution is 5.31. The molecule has 2 saturated heterocycles. The van der Waals surface area contributed by atoms with Crippen LogP contribution in [0.2, 0.25) is 0 Å². The van der Waals surface area contributed by atoms with Gasteiger partial charge in [-0.15, -0.1) is 0 Å². The zero-order valence-electron chi connectivity index (χ0n) is 13.0. The van der Waals surface area contributed by atoms with Crippen LogP contribution in [-0.2, 0) is 0 Å². The summed E-state index contributed by atoms with van der Waals surface area (Å²) in [6, 6.07) is 9.18. The van der Waals surface area contributed by atoms with Gasteiger partial charge in [0.05, 0.1) is 0 Å². The van der Waals surface area contributed by atoms with E-state index in [1.165, 1.54) is 12.8 Å². The number of hydrogen-bond donors (Lipinski definition) is 1. The Morgan fingerprint density at radius 3 is 2.57 bits per heavy atom. The number of hydrogen-bond acceptors (Lipinski definition) is 4. The molecular weight excluding hydrogens is 264 g/mol. The Hall–Kier alpha value is -1.10. The van der Waals surface area contributed by atoms with Gasteiger partial charge in [-0.2, -0.15) is 0 Å². The molecule has 2 bridgehead atoms. The van der Waals surface area contributed by atoms with Crippen molar-refractivity contribution >= 4 is 0 Å². The zero-order chi connectivity index (χ0) is 14.8. The summed E-state index contributed by atoms with van der Waals surface area (Å²) >= 11 is 0. The maximum atomic E-state index is 10.3. The predicted octanol–water partition coefficient (Wildman–Crippen LogP) is 1.51. The molecule has 4 nitrogen and oxygen atoms in total. The quantitative estimate of drug-likeness (QED) is 0.892. The Bertz CT molecular complexity index is 466. The second-order valence-corrected chi connectivity index (χ2v) is 6.53. The van der Waals surface area contributed by atoms with E-state index in [2.05, 4.69) is 16.8 Å². The summed E-state index contributed by atoms with van der Waals surface area (Å²) in [7, 11) is 2.19. The number of ether oxygens (including phenoxy) is 1. The minimum Gasteiger partial charge on any atom is -0.491 e. The van der Waals surface area contributed by atoms with Gasteiger partial charge in [0.2, 0.25) is 0 Å². The molecule has 2 heterocycles. The average molecular weight is 290 g/mol. The lowest BCUT2D eigenvalue weighted by Gasteiger charge is -2.40. The molecule has 3 rings (SSSR count). The molecule has 116 valence electrons. The van der Waals surface area contributed by atoms with E-state index >= 15 is 0 Å². The van der Waals surface area contributed by atoms with E-state index in [4.69, 9.17) is 4.74 Å². The number of nitrogens with zero attached hydrogens (tertiary/aromatic N) is 2. The van der Waals surface area contributed by atoms with Crippen molar-refractivity contribution in [3.05, 3.63) is 29.8 Å². The van der Waals surface area contributed by atoms with Gasteiger partial charge in [0.15, 0.2) is 0 Å². The molecule has 2 aliphatic heterocycles. The van der Waals surface area contributed by atoms with E-state index in [-0.39, 0.29) is 0 Å².